The van der Waals surface area contributed by atoms with Crippen molar-refractivity contribution < 1.29 is 23.8 Å². The Labute approximate surface area is 192 Å². The number of thiophene rings is 1. The van der Waals surface area contributed by atoms with Crippen LogP contribution in [-0.2, 0) is 9.47 Å². The van der Waals surface area contributed by atoms with E-state index in [0.29, 0.717) is 12.0 Å². The lowest BCUT2D eigenvalue weighted by Crippen LogP contribution is -2.19. The number of nitrogens with zero attached hydrogens (tertiary/aromatic N) is 1. The molecular formula is C24H31FN2O4S. The number of benzene rings is 1. The number of ether oxygens (including phenoxy) is 2. The van der Waals surface area contributed by atoms with Crippen molar-refractivity contribution in [3.63, 3.8) is 0 Å². The zero-order chi connectivity index (χ0) is 23.7. The predicted molar refractivity (Wildman–Crippen MR) is 127 cm³/mol. The first-order valence-electron chi connectivity index (χ1n) is 10.5. The van der Waals surface area contributed by atoms with Gasteiger partial charge in [0, 0.05) is 35.5 Å². The summed E-state index contributed by atoms with van der Waals surface area (Å²) in [5.74, 6) is -0.468. The Kier molecular flexibility index (Phi) is 10.2. The van der Waals surface area contributed by atoms with Gasteiger partial charge in [-0.25, -0.2) is 4.39 Å². The van der Waals surface area contributed by atoms with E-state index in [0.717, 1.165) is 40.2 Å². The lowest BCUT2D eigenvalue weighted by Gasteiger charge is -2.13. The fourth-order valence-corrected chi connectivity index (χ4v) is 4.37. The van der Waals surface area contributed by atoms with E-state index in [1.165, 1.54) is 31.4 Å². The number of Topliss-reactive ketones (excluding diaryl/α,β-unsaturated/α-hetero) is 1. The average molecular weight is 463 g/mol. The highest BCUT2D eigenvalue weighted by Crippen LogP contribution is 2.45. The number of aliphatic imine (C=N–C) groups is 1. The molecule has 3 rings (SSSR count). The van der Waals surface area contributed by atoms with E-state index >= 15 is 0 Å². The third-order valence-corrected chi connectivity index (χ3v) is 6.26. The molecule has 2 heterocycles. The lowest BCUT2D eigenvalue weighted by molar-refractivity contribution is 0.0325. The number of halogens is 1. The molecule has 3 N–H and O–H groups in total. The van der Waals surface area contributed by atoms with E-state index in [1.54, 1.807) is 17.6 Å². The topological polar surface area (TPSA) is 94.1 Å². The smallest absolute Gasteiger partial charge is 0.191 e. The Morgan fingerprint density at radius 1 is 1.38 bits per heavy atom. The molecule has 0 amide bonds. The number of carbonyl (C=O) groups excluding carboxylic acids is 1. The van der Waals surface area contributed by atoms with Crippen molar-refractivity contribution in [3.05, 3.63) is 57.0 Å². The van der Waals surface area contributed by atoms with Crippen LogP contribution >= 0.6 is 11.3 Å². The predicted octanol–water partition coefficient (Wildman–Crippen LogP) is 5.39. The van der Waals surface area contributed by atoms with E-state index in [1.807, 2.05) is 19.2 Å². The number of aliphatic hydroxyl groups excluding tert-OH is 1. The second kappa shape index (κ2) is 12.6. The largest absolute Gasteiger partial charge is 0.398 e. The Morgan fingerprint density at radius 3 is 2.59 bits per heavy atom. The molecule has 2 unspecified atom stereocenters. The third kappa shape index (κ3) is 6.32. The van der Waals surface area contributed by atoms with Crippen LogP contribution in [0.5, 0.6) is 0 Å². The molecule has 32 heavy (non-hydrogen) atoms. The Bertz CT molecular complexity index is 951. The number of nitrogens with two attached hydrogens (primary N) is 1. The molecular weight excluding hydrogens is 431 g/mol. The Morgan fingerprint density at radius 2 is 2.03 bits per heavy atom. The summed E-state index contributed by atoms with van der Waals surface area (Å²) in [7, 11) is 1.43. The fraction of sp³-hybridized carbons (Fsp3) is 0.417. The summed E-state index contributed by atoms with van der Waals surface area (Å²) in [5.41, 5.74) is 10.4. The van der Waals surface area contributed by atoms with Gasteiger partial charge in [-0.1, -0.05) is 6.92 Å². The van der Waals surface area contributed by atoms with Crippen LogP contribution in [-0.4, -0.2) is 37.1 Å². The van der Waals surface area contributed by atoms with Crippen LogP contribution in [0.3, 0.4) is 0 Å². The molecule has 0 aliphatic carbocycles. The number of hydrogen-bond acceptors (Lipinski definition) is 7. The second-order valence-corrected chi connectivity index (χ2v) is 8.19. The molecule has 2 atom stereocenters. The van der Waals surface area contributed by atoms with Gasteiger partial charge in [0.15, 0.2) is 5.78 Å². The average Bonchev–Trinajstić information content (AvgIpc) is 3.46. The number of carbonyl (C=O) groups is 1. The van der Waals surface area contributed by atoms with Gasteiger partial charge in [-0.2, -0.15) is 0 Å². The van der Waals surface area contributed by atoms with Gasteiger partial charge < -0.3 is 20.3 Å². The second-order valence-electron chi connectivity index (χ2n) is 7.28. The normalized spacial score (nSPS) is 18.9. The number of ketones is 1. The van der Waals surface area contributed by atoms with Crippen LogP contribution in [0.1, 0.15) is 66.9 Å². The minimum atomic E-state index is -0.523. The summed E-state index contributed by atoms with van der Waals surface area (Å²) in [6.07, 6.45) is 3.27. The molecule has 8 heteroatoms. The summed E-state index contributed by atoms with van der Waals surface area (Å²) in [4.78, 5) is 18.2. The molecule has 2 aromatic rings. The van der Waals surface area contributed by atoms with Crippen molar-refractivity contribution in [2.75, 3.05) is 13.9 Å². The fourth-order valence-electron chi connectivity index (χ4n) is 3.29. The molecule has 0 spiro atoms. The third-order valence-electron chi connectivity index (χ3n) is 5.19. The zero-order valence-corrected chi connectivity index (χ0v) is 19.7. The van der Waals surface area contributed by atoms with Crippen LogP contribution in [0, 0.1) is 5.82 Å². The summed E-state index contributed by atoms with van der Waals surface area (Å²) in [6.45, 7) is 5.79. The number of methoxy groups -OCH3 is 1. The molecule has 1 aliphatic heterocycles. The highest BCUT2D eigenvalue weighted by Gasteiger charge is 2.34. The summed E-state index contributed by atoms with van der Waals surface area (Å²) < 4.78 is 23.3. The van der Waals surface area contributed by atoms with Gasteiger partial charge in [-0.3, -0.25) is 9.79 Å². The zero-order valence-electron chi connectivity index (χ0n) is 18.9. The minimum Gasteiger partial charge on any atom is -0.398 e. The highest BCUT2D eigenvalue weighted by molar-refractivity contribution is 7.10. The highest BCUT2D eigenvalue weighted by atomic mass is 32.1. The number of rotatable bonds is 7. The maximum Gasteiger partial charge on any atom is 0.191 e. The number of allylic oxidation sites excluding steroid dienone is 1. The van der Waals surface area contributed by atoms with Crippen LogP contribution in [0.4, 0.5) is 10.1 Å². The van der Waals surface area contributed by atoms with Gasteiger partial charge >= 0.3 is 0 Å². The Balaban J connectivity index is 0.000000837. The van der Waals surface area contributed by atoms with Gasteiger partial charge in [-0.05, 0) is 62.9 Å². The molecule has 1 fully saturated rings. The lowest BCUT2D eigenvalue weighted by atomic mass is 10.0. The van der Waals surface area contributed by atoms with E-state index in [2.05, 4.69) is 16.7 Å². The molecule has 6 nitrogen and oxygen atoms in total. The monoisotopic (exact) mass is 462 g/mol. The molecule has 1 aliphatic rings. The first-order chi connectivity index (χ1) is 15.4. The van der Waals surface area contributed by atoms with E-state index in [9.17, 15) is 9.18 Å². The van der Waals surface area contributed by atoms with Gasteiger partial charge in [-0.15, -0.1) is 11.3 Å². The van der Waals surface area contributed by atoms with Crippen molar-refractivity contribution in [2.45, 2.75) is 52.2 Å². The molecule has 0 radical (unpaired) electrons. The van der Waals surface area contributed by atoms with Crippen molar-refractivity contribution in [2.24, 2.45) is 10.7 Å². The maximum absolute atomic E-state index is 13.1. The number of hydrogen-bond donors (Lipinski definition) is 2. The number of aliphatic hydroxyl groups is 1. The van der Waals surface area contributed by atoms with E-state index < -0.39 is 6.10 Å². The van der Waals surface area contributed by atoms with E-state index in [-0.39, 0.29) is 24.5 Å². The molecule has 1 aromatic heterocycles. The van der Waals surface area contributed by atoms with Crippen molar-refractivity contribution in [1.29, 1.82) is 0 Å². The van der Waals surface area contributed by atoms with E-state index in [4.69, 9.17) is 15.6 Å². The molecule has 0 saturated carbocycles. The van der Waals surface area contributed by atoms with Crippen molar-refractivity contribution in [3.8, 4) is 0 Å². The molecule has 174 valence electrons. The van der Waals surface area contributed by atoms with Crippen molar-refractivity contribution in [1.82, 2.24) is 0 Å². The van der Waals surface area contributed by atoms with Crippen LogP contribution in [0.25, 0.3) is 5.70 Å². The van der Waals surface area contributed by atoms with Gasteiger partial charge in [0.25, 0.3) is 0 Å². The van der Waals surface area contributed by atoms with Gasteiger partial charge in [0.2, 0.25) is 0 Å². The minimum absolute atomic E-state index is 0.110. The quantitative estimate of drug-likeness (QED) is 0.327. The van der Waals surface area contributed by atoms with Crippen LogP contribution in [0.15, 0.2) is 40.2 Å². The summed E-state index contributed by atoms with van der Waals surface area (Å²) in [6, 6.07) is 5.60. The van der Waals surface area contributed by atoms with Gasteiger partial charge in [0.1, 0.15) is 18.7 Å². The summed E-state index contributed by atoms with van der Waals surface area (Å²) in [5, 5.41) is 9.67. The summed E-state index contributed by atoms with van der Waals surface area (Å²) >= 11 is 1.57. The molecule has 1 aromatic carbocycles. The Hall–Kier alpha value is -2.39. The molecule has 1 saturated heterocycles. The molecule has 0 bridgehead atoms. The first-order valence-corrected chi connectivity index (χ1v) is 11.4. The first kappa shape index (κ1) is 25.9. The SMILES string of the molecule is CC=Nc1c(C(N)=C(C)CC)csc1C1CCC(C(=O)c2ccc(F)cc2)O1.COCO. The maximum atomic E-state index is 13.1. The van der Waals surface area contributed by atoms with Crippen molar-refractivity contribution >= 4 is 34.7 Å². The van der Waals surface area contributed by atoms with Gasteiger partial charge in [0.05, 0.1) is 16.7 Å². The van der Waals surface area contributed by atoms with Crippen LogP contribution < -0.4 is 5.73 Å². The standard InChI is InChI=1S/C22H25FN2O2S.C2H6O2/c1-4-13(3)19(24)16-12-28-22(20(16)25-5-2)18-11-10-17(27-18)21(26)14-6-8-15(23)9-7-14;1-4-2-3/h5-9,12,17-18H,4,10-11,24H2,1-3H3;3H,2H2,1H3. The van der Waals surface area contributed by atoms with Crippen LogP contribution in [0.2, 0.25) is 0 Å².